The molecule has 1 aliphatic carbocycles. The third-order valence-corrected chi connectivity index (χ3v) is 3.25. The number of nitrogens with two attached hydrogens (primary N) is 1. The average Bonchev–Trinajstić information content (AvgIpc) is 2.64. The fourth-order valence-corrected chi connectivity index (χ4v) is 2.41. The summed E-state index contributed by atoms with van der Waals surface area (Å²) < 4.78 is 0. The van der Waals surface area contributed by atoms with E-state index in [2.05, 4.69) is 30.8 Å². The predicted molar refractivity (Wildman–Crippen MR) is 63.9 cm³/mol. The highest BCUT2D eigenvalue weighted by Crippen LogP contribution is 2.25. The molecule has 0 aliphatic heterocycles. The third-order valence-electron chi connectivity index (χ3n) is 2.99. The molecular formula is C12H17NS. The number of thiol groups is 1. The van der Waals surface area contributed by atoms with Crippen LogP contribution in [-0.2, 0) is 12.8 Å². The van der Waals surface area contributed by atoms with Gasteiger partial charge in [-0.25, -0.2) is 0 Å². The Hall–Kier alpha value is -0.470. The molecule has 2 N–H and O–H groups in total. The highest BCUT2D eigenvalue weighted by Gasteiger charge is 2.13. The Labute approximate surface area is 91.1 Å². The summed E-state index contributed by atoms with van der Waals surface area (Å²) in [4.78, 5) is 0. The average molecular weight is 207 g/mol. The standard InChI is InChI=1S/C12H17NS/c13-12(6-7-14)11-5-4-9-2-1-3-10(9)8-11/h4-5,8,12,14H,1-3,6-7,13H2. The summed E-state index contributed by atoms with van der Waals surface area (Å²) in [6, 6.07) is 6.88. The molecule has 0 saturated carbocycles. The minimum Gasteiger partial charge on any atom is -0.324 e. The van der Waals surface area contributed by atoms with Gasteiger partial charge < -0.3 is 5.73 Å². The molecule has 0 saturated heterocycles. The lowest BCUT2D eigenvalue weighted by Crippen LogP contribution is -2.11. The molecule has 1 nitrogen and oxygen atoms in total. The Balaban J connectivity index is 2.19. The van der Waals surface area contributed by atoms with E-state index in [4.69, 9.17) is 5.73 Å². The largest absolute Gasteiger partial charge is 0.324 e. The molecule has 0 bridgehead atoms. The highest BCUT2D eigenvalue weighted by atomic mass is 32.1. The van der Waals surface area contributed by atoms with Crippen molar-refractivity contribution in [1.29, 1.82) is 0 Å². The van der Waals surface area contributed by atoms with Gasteiger partial charge in [-0.1, -0.05) is 18.2 Å². The van der Waals surface area contributed by atoms with Gasteiger partial charge in [0.05, 0.1) is 0 Å². The lowest BCUT2D eigenvalue weighted by atomic mass is 10.0. The van der Waals surface area contributed by atoms with Crippen LogP contribution in [0.4, 0.5) is 0 Å². The van der Waals surface area contributed by atoms with E-state index in [0.717, 1.165) is 12.2 Å². The van der Waals surface area contributed by atoms with E-state index < -0.39 is 0 Å². The molecule has 0 heterocycles. The van der Waals surface area contributed by atoms with Gasteiger partial charge in [-0.05, 0) is 48.1 Å². The van der Waals surface area contributed by atoms with Crippen molar-refractivity contribution in [2.75, 3.05) is 5.75 Å². The van der Waals surface area contributed by atoms with Crippen LogP contribution in [0.15, 0.2) is 18.2 Å². The molecule has 0 radical (unpaired) electrons. The fraction of sp³-hybridized carbons (Fsp3) is 0.500. The number of rotatable bonds is 3. The van der Waals surface area contributed by atoms with Gasteiger partial charge in [0.2, 0.25) is 0 Å². The summed E-state index contributed by atoms with van der Waals surface area (Å²) in [5, 5.41) is 0. The van der Waals surface area contributed by atoms with Gasteiger partial charge in [0.1, 0.15) is 0 Å². The van der Waals surface area contributed by atoms with Gasteiger partial charge in [0.15, 0.2) is 0 Å². The molecule has 2 rings (SSSR count). The molecule has 76 valence electrons. The lowest BCUT2D eigenvalue weighted by Gasteiger charge is -2.12. The monoisotopic (exact) mass is 207 g/mol. The third kappa shape index (κ3) is 1.96. The number of benzene rings is 1. The molecule has 1 atom stereocenters. The van der Waals surface area contributed by atoms with E-state index >= 15 is 0 Å². The number of fused-ring (bicyclic) bond motifs is 1. The van der Waals surface area contributed by atoms with Gasteiger partial charge in [-0.15, -0.1) is 0 Å². The predicted octanol–water partition coefficient (Wildman–Crippen LogP) is 2.50. The highest BCUT2D eigenvalue weighted by molar-refractivity contribution is 7.80. The molecule has 0 spiro atoms. The van der Waals surface area contributed by atoms with Crippen LogP contribution in [0.1, 0.15) is 35.6 Å². The topological polar surface area (TPSA) is 26.0 Å². The molecule has 0 fully saturated rings. The molecule has 1 aromatic rings. The summed E-state index contributed by atoms with van der Waals surface area (Å²) >= 11 is 4.21. The molecule has 2 heteroatoms. The Morgan fingerprint density at radius 3 is 2.86 bits per heavy atom. The summed E-state index contributed by atoms with van der Waals surface area (Å²) in [6.07, 6.45) is 4.75. The normalized spacial score (nSPS) is 16.7. The molecule has 14 heavy (non-hydrogen) atoms. The van der Waals surface area contributed by atoms with Crippen molar-refractivity contribution >= 4 is 12.6 Å². The maximum Gasteiger partial charge on any atom is 0.0302 e. The molecule has 1 aliphatic rings. The second-order valence-electron chi connectivity index (χ2n) is 4.00. The zero-order chi connectivity index (χ0) is 9.97. The Kier molecular flexibility index (Phi) is 3.14. The minimum absolute atomic E-state index is 0.165. The van der Waals surface area contributed by atoms with E-state index in [1.165, 1.54) is 36.0 Å². The van der Waals surface area contributed by atoms with Crippen LogP contribution in [0, 0.1) is 0 Å². The van der Waals surface area contributed by atoms with E-state index in [-0.39, 0.29) is 6.04 Å². The maximum atomic E-state index is 6.05. The molecule has 1 aromatic carbocycles. The summed E-state index contributed by atoms with van der Waals surface area (Å²) in [5.41, 5.74) is 10.4. The zero-order valence-electron chi connectivity index (χ0n) is 8.37. The van der Waals surface area contributed by atoms with E-state index in [1.807, 2.05) is 0 Å². The fourth-order valence-electron chi connectivity index (χ4n) is 2.13. The second kappa shape index (κ2) is 4.37. The van der Waals surface area contributed by atoms with E-state index in [1.54, 1.807) is 0 Å². The Bertz CT molecular complexity index is 322. The van der Waals surface area contributed by atoms with Gasteiger partial charge in [-0.3, -0.25) is 0 Å². The van der Waals surface area contributed by atoms with E-state index in [9.17, 15) is 0 Å². The summed E-state index contributed by atoms with van der Waals surface area (Å²) in [5.74, 6) is 0.859. The van der Waals surface area contributed by atoms with Crippen LogP contribution in [0.3, 0.4) is 0 Å². The van der Waals surface area contributed by atoms with Gasteiger partial charge in [0, 0.05) is 6.04 Å². The van der Waals surface area contributed by atoms with Gasteiger partial charge in [-0.2, -0.15) is 12.6 Å². The van der Waals surface area contributed by atoms with Crippen LogP contribution in [0.2, 0.25) is 0 Å². The lowest BCUT2D eigenvalue weighted by molar-refractivity contribution is 0.705. The van der Waals surface area contributed by atoms with Crippen LogP contribution in [0.25, 0.3) is 0 Å². The summed E-state index contributed by atoms with van der Waals surface area (Å²) in [6.45, 7) is 0. The molecule has 0 amide bonds. The van der Waals surface area contributed by atoms with Crippen LogP contribution in [0.5, 0.6) is 0 Å². The van der Waals surface area contributed by atoms with Crippen molar-refractivity contribution in [2.45, 2.75) is 31.7 Å². The van der Waals surface area contributed by atoms with Crippen molar-refractivity contribution < 1.29 is 0 Å². The first-order valence-electron chi connectivity index (χ1n) is 5.29. The Morgan fingerprint density at radius 2 is 2.07 bits per heavy atom. The maximum absolute atomic E-state index is 6.05. The number of aryl methyl sites for hydroxylation is 2. The van der Waals surface area contributed by atoms with Crippen LogP contribution < -0.4 is 5.73 Å². The molecule has 1 unspecified atom stereocenters. The van der Waals surface area contributed by atoms with E-state index in [0.29, 0.717) is 0 Å². The van der Waals surface area contributed by atoms with Crippen LogP contribution in [-0.4, -0.2) is 5.75 Å². The first-order valence-corrected chi connectivity index (χ1v) is 5.92. The first-order chi connectivity index (χ1) is 6.81. The van der Waals surface area contributed by atoms with Crippen molar-refractivity contribution in [3.63, 3.8) is 0 Å². The smallest absolute Gasteiger partial charge is 0.0302 e. The van der Waals surface area contributed by atoms with Gasteiger partial charge in [0.25, 0.3) is 0 Å². The number of hydrogen-bond acceptors (Lipinski definition) is 2. The number of hydrogen-bond donors (Lipinski definition) is 2. The molecule has 0 aromatic heterocycles. The van der Waals surface area contributed by atoms with Crippen molar-refractivity contribution in [2.24, 2.45) is 5.73 Å². The zero-order valence-corrected chi connectivity index (χ0v) is 9.26. The SMILES string of the molecule is NC(CCS)c1ccc2c(c1)CCC2. The summed E-state index contributed by atoms with van der Waals surface area (Å²) in [7, 11) is 0. The van der Waals surface area contributed by atoms with Crippen molar-refractivity contribution in [3.8, 4) is 0 Å². The molecular weight excluding hydrogens is 190 g/mol. The minimum atomic E-state index is 0.165. The van der Waals surface area contributed by atoms with Gasteiger partial charge >= 0.3 is 0 Å². The van der Waals surface area contributed by atoms with Crippen molar-refractivity contribution in [1.82, 2.24) is 0 Å². The van der Waals surface area contributed by atoms with Crippen LogP contribution >= 0.6 is 12.6 Å². The second-order valence-corrected chi connectivity index (χ2v) is 4.45. The first kappa shape index (κ1) is 10.1. The Morgan fingerprint density at radius 1 is 1.29 bits per heavy atom. The quantitative estimate of drug-likeness (QED) is 0.732. The van der Waals surface area contributed by atoms with Crippen molar-refractivity contribution in [3.05, 3.63) is 34.9 Å².